The molecule has 0 heterocycles. The molecular formula is C17H22N2O5. The maximum atomic E-state index is 12.3. The van der Waals surface area contributed by atoms with Crippen LogP contribution in [0.2, 0.25) is 0 Å². The molecule has 0 saturated heterocycles. The van der Waals surface area contributed by atoms with E-state index in [9.17, 15) is 19.5 Å². The van der Waals surface area contributed by atoms with E-state index in [4.69, 9.17) is 4.74 Å². The van der Waals surface area contributed by atoms with Crippen molar-refractivity contribution in [2.24, 2.45) is 5.41 Å². The summed E-state index contributed by atoms with van der Waals surface area (Å²) in [6.07, 6.45) is 1.74. The fourth-order valence-electron chi connectivity index (χ4n) is 2.77. The Bertz CT molecular complexity index is 665. The summed E-state index contributed by atoms with van der Waals surface area (Å²) in [7, 11) is 4.74. The lowest BCUT2D eigenvalue weighted by atomic mass is 9.66. The van der Waals surface area contributed by atoms with Crippen LogP contribution in [-0.4, -0.2) is 49.0 Å². The number of ether oxygens (including phenoxy) is 1. The second-order valence-corrected chi connectivity index (χ2v) is 6.28. The standard InChI is InChI=1S/C17H22N2O5/c1-19(2)15(21)11-5-6-13(24-3)12(9-11)18-14(20)10-17(16(22)23)7-4-8-17/h5-6,9H,4,7-8,10H2,1-3H3,(H,18,20)(H,22,23). The number of carbonyl (C=O) groups is 3. The first-order valence-electron chi connectivity index (χ1n) is 7.72. The average molecular weight is 334 g/mol. The minimum atomic E-state index is -0.964. The van der Waals surface area contributed by atoms with Crippen LogP contribution in [-0.2, 0) is 9.59 Å². The van der Waals surface area contributed by atoms with Gasteiger partial charge in [0, 0.05) is 26.1 Å². The molecule has 7 nitrogen and oxygen atoms in total. The van der Waals surface area contributed by atoms with Gasteiger partial charge in [-0.1, -0.05) is 6.42 Å². The summed E-state index contributed by atoms with van der Waals surface area (Å²) in [5.74, 6) is -1.12. The normalized spacial score (nSPS) is 15.1. The van der Waals surface area contributed by atoms with Gasteiger partial charge < -0.3 is 20.1 Å². The van der Waals surface area contributed by atoms with Crippen LogP contribution < -0.4 is 10.1 Å². The molecule has 0 spiro atoms. The Labute approximate surface area is 140 Å². The molecule has 7 heteroatoms. The van der Waals surface area contributed by atoms with Crippen molar-refractivity contribution in [3.05, 3.63) is 23.8 Å². The molecular weight excluding hydrogens is 312 g/mol. The van der Waals surface area contributed by atoms with E-state index < -0.39 is 17.3 Å². The first-order valence-corrected chi connectivity index (χ1v) is 7.72. The summed E-state index contributed by atoms with van der Waals surface area (Å²) in [6, 6.07) is 4.75. The Hall–Kier alpha value is -2.57. The van der Waals surface area contributed by atoms with E-state index >= 15 is 0 Å². The van der Waals surface area contributed by atoms with Gasteiger partial charge in [0.2, 0.25) is 5.91 Å². The van der Waals surface area contributed by atoms with Crippen molar-refractivity contribution < 1.29 is 24.2 Å². The van der Waals surface area contributed by atoms with Gasteiger partial charge in [-0.2, -0.15) is 0 Å². The number of rotatable bonds is 6. The maximum Gasteiger partial charge on any atom is 0.310 e. The SMILES string of the molecule is COc1ccc(C(=O)N(C)C)cc1NC(=O)CC1(C(=O)O)CCC1. The van der Waals surface area contributed by atoms with Crippen molar-refractivity contribution >= 4 is 23.5 Å². The van der Waals surface area contributed by atoms with E-state index in [0.29, 0.717) is 29.8 Å². The van der Waals surface area contributed by atoms with Gasteiger partial charge >= 0.3 is 5.97 Å². The third-order valence-corrected chi connectivity index (χ3v) is 4.39. The van der Waals surface area contributed by atoms with Crippen LogP contribution in [0.4, 0.5) is 5.69 Å². The van der Waals surface area contributed by atoms with Crippen molar-refractivity contribution in [3.63, 3.8) is 0 Å². The number of benzene rings is 1. The van der Waals surface area contributed by atoms with Crippen LogP contribution in [0, 0.1) is 5.41 Å². The lowest BCUT2D eigenvalue weighted by Crippen LogP contribution is -2.41. The van der Waals surface area contributed by atoms with Crippen molar-refractivity contribution in [2.45, 2.75) is 25.7 Å². The number of nitrogens with one attached hydrogen (secondary N) is 1. The maximum absolute atomic E-state index is 12.3. The van der Waals surface area contributed by atoms with Gasteiger partial charge in [0.15, 0.2) is 0 Å². The number of methoxy groups -OCH3 is 1. The Kier molecular flexibility index (Phi) is 5.11. The summed E-state index contributed by atoms with van der Waals surface area (Å²) in [6.45, 7) is 0. The number of amides is 2. The van der Waals surface area contributed by atoms with Gasteiger partial charge in [-0.15, -0.1) is 0 Å². The molecule has 0 unspecified atom stereocenters. The average Bonchev–Trinajstić information content (AvgIpc) is 2.49. The Morgan fingerprint density at radius 2 is 1.96 bits per heavy atom. The summed E-state index contributed by atoms with van der Waals surface area (Å²) < 4.78 is 5.20. The monoisotopic (exact) mass is 334 g/mol. The molecule has 1 aliphatic carbocycles. The highest BCUT2D eigenvalue weighted by Crippen LogP contribution is 2.44. The fourth-order valence-corrected chi connectivity index (χ4v) is 2.77. The first kappa shape index (κ1) is 17.8. The number of hydrogen-bond acceptors (Lipinski definition) is 4. The highest BCUT2D eigenvalue weighted by Gasteiger charge is 2.45. The zero-order valence-corrected chi connectivity index (χ0v) is 14.1. The second kappa shape index (κ2) is 6.90. The fraction of sp³-hybridized carbons (Fsp3) is 0.471. The van der Waals surface area contributed by atoms with E-state index in [1.807, 2.05) is 0 Å². The molecule has 1 aromatic carbocycles. The summed E-state index contributed by atoms with van der Waals surface area (Å²) >= 11 is 0. The lowest BCUT2D eigenvalue weighted by Gasteiger charge is -2.36. The molecule has 1 aliphatic rings. The molecule has 0 bridgehead atoms. The van der Waals surface area contributed by atoms with Gasteiger partial charge in [0.1, 0.15) is 5.75 Å². The second-order valence-electron chi connectivity index (χ2n) is 6.28. The minimum absolute atomic E-state index is 0.0860. The van der Waals surface area contributed by atoms with E-state index in [0.717, 1.165) is 6.42 Å². The van der Waals surface area contributed by atoms with Crippen LogP contribution in [0.1, 0.15) is 36.0 Å². The minimum Gasteiger partial charge on any atom is -0.495 e. The van der Waals surface area contributed by atoms with Gasteiger partial charge in [0.25, 0.3) is 5.91 Å². The van der Waals surface area contributed by atoms with Crippen molar-refractivity contribution in [1.82, 2.24) is 4.90 Å². The van der Waals surface area contributed by atoms with E-state index in [-0.39, 0.29) is 12.3 Å². The van der Waals surface area contributed by atoms with E-state index in [1.54, 1.807) is 26.2 Å². The summed E-state index contributed by atoms with van der Waals surface area (Å²) in [5.41, 5.74) is -0.197. The predicted molar refractivity (Wildman–Crippen MR) is 88.2 cm³/mol. The molecule has 1 saturated carbocycles. The summed E-state index contributed by atoms with van der Waals surface area (Å²) in [5, 5.41) is 12.0. The third-order valence-electron chi connectivity index (χ3n) is 4.39. The van der Waals surface area contributed by atoms with Gasteiger partial charge in [-0.25, -0.2) is 0 Å². The summed E-state index contributed by atoms with van der Waals surface area (Å²) in [4.78, 5) is 37.1. The molecule has 1 fully saturated rings. The van der Waals surface area contributed by atoms with Crippen LogP contribution >= 0.6 is 0 Å². The van der Waals surface area contributed by atoms with Gasteiger partial charge in [0.05, 0.1) is 18.2 Å². The van der Waals surface area contributed by atoms with E-state index in [1.165, 1.54) is 18.1 Å². The molecule has 24 heavy (non-hydrogen) atoms. The predicted octanol–water partition coefficient (Wildman–Crippen LogP) is 1.98. The van der Waals surface area contributed by atoms with E-state index in [2.05, 4.69) is 5.32 Å². The molecule has 0 atom stereocenters. The zero-order chi connectivity index (χ0) is 17.9. The number of carbonyl (C=O) groups excluding carboxylic acids is 2. The molecule has 2 N–H and O–H groups in total. The third kappa shape index (κ3) is 3.50. The first-order chi connectivity index (χ1) is 11.3. The molecule has 1 aromatic rings. The molecule has 2 rings (SSSR count). The van der Waals surface area contributed by atoms with Crippen molar-refractivity contribution in [2.75, 3.05) is 26.5 Å². The molecule has 0 aromatic heterocycles. The number of hydrogen-bond donors (Lipinski definition) is 2. The quantitative estimate of drug-likeness (QED) is 0.829. The number of nitrogens with zero attached hydrogens (tertiary/aromatic N) is 1. The highest BCUT2D eigenvalue weighted by molar-refractivity contribution is 5.99. The lowest BCUT2D eigenvalue weighted by molar-refractivity contribution is -0.157. The van der Waals surface area contributed by atoms with Crippen LogP contribution in [0.5, 0.6) is 5.75 Å². The number of carboxylic acid groups (broad SMARTS) is 1. The molecule has 0 aliphatic heterocycles. The largest absolute Gasteiger partial charge is 0.495 e. The molecule has 0 radical (unpaired) electrons. The van der Waals surface area contributed by atoms with Crippen molar-refractivity contribution in [3.8, 4) is 5.75 Å². The van der Waals surface area contributed by atoms with Crippen LogP contribution in [0.25, 0.3) is 0 Å². The molecule has 2 amide bonds. The number of carboxylic acids is 1. The van der Waals surface area contributed by atoms with Crippen LogP contribution in [0.15, 0.2) is 18.2 Å². The van der Waals surface area contributed by atoms with Gasteiger partial charge in [-0.05, 0) is 31.0 Å². The van der Waals surface area contributed by atoms with Crippen molar-refractivity contribution in [1.29, 1.82) is 0 Å². The Balaban J connectivity index is 2.18. The smallest absolute Gasteiger partial charge is 0.310 e. The van der Waals surface area contributed by atoms with Gasteiger partial charge in [-0.3, -0.25) is 14.4 Å². The number of aliphatic carboxylic acids is 1. The van der Waals surface area contributed by atoms with Crippen LogP contribution in [0.3, 0.4) is 0 Å². The Morgan fingerprint density at radius 1 is 1.29 bits per heavy atom. The molecule has 130 valence electrons. The highest BCUT2D eigenvalue weighted by atomic mass is 16.5. The Morgan fingerprint density at radius 3 is 2.42 bits per heavy atom. The number of anilines is 1. The topological polar surface area (TPSA) is 95.9 Å². The zero-order valence-electron chi connectivity index (χ0n) is 14.1.